The average Bonchev–Trinajstić information content (AvgIpc) is 3.16. The first-order valence-corrected chi connectivity index (χ1v) is 14.6. The fourth-order valence-corrected chi connectivity index (χ4v) is 6.56. The Labute approximate surface area is 234 Å². The summed E-state index contributed by atoms with van der Waals surface area (Å²) >= 11 is 0. The monoisotopic (exact) mass is 594 g/mol. The van der Waals surface area contributed by atoms with Crippen LogP contribution in [0.25, 0.3) is 11.2 Å². The van der Waals surface area contributed by atoms with Crippen LogP contribution < -0.4 is 20.1 Å². The third-order valence-corrected chi connectivity index (χ3v) is 8.46. The van der Waals surface area contributed by atoms with Crippen LogP contribution in [0.5, 0.6) is 11.6 Å². The second-order valence-electron chi connectivity index (χ2n) is 10.0. The standard InChI is InChI=1S/C25H32FN6O8P/c1-5-36-21-16-20(29-24(27)30-21)32(12-28-16)22-17(33)25(11-26)18(38-22)19(25)40-41(35,39-15-9-7-6-8-10-15)31-14(4)23(34)37-13(2)3/h6-10,12-14,17-19,22,33H,5,11H2,1-4H3,(H,31,35)(H2,27,29,30)/t14-,17+,18-,19?,22-,25-,41+/m1/s1. The van der Waals surface area contributed by atoms with Gasteiger partial charge in [-0.05, 0) is 39.8 Å². The molecule has 2 aromatic heterocycles. The zero-order valence-electron chi connectivity index (χ0n) is 22.8. The number of hydrogen-bond acceptors (Lipinski definition) is 12. The Morgan fingerprint density at radius 3 is 2.66 bits per heavy atom. The number of carbonyl (C=O) groups excluding carboxylic acids is 1. The van der Waals surface area contributed by atoms with Crippen molar-refractivity contribution in [1.82, 2.24) is 24.6 Å². The van der Waals surface area contributed by atoms with E-state index in [-0.39, 0.29) is 28.7 Å². The van der Waals surface area contributed by atoms with Crippen molar-refractivity contribution in [2.24, 2.45) is 5.41 Å². The lowest BCUT2D eigenvalue weighted by molar-refractivity contribution is -0.149. The zero-order valence-corrected chi connectivity index (χ0v) is 23.7. The molecular weight excluding hydrogens is 562 g/mol. The molecule has 1 aliphatic heterocycles. The molecule has 5 rings (SSSR count). The van der Waals surface area contributed by atoms with E-state index in [9.17, 15) is 18.9 Å². The highest BCUT2D eigenvalue weighted by Crippen LogP contribution is 2.66. The van der Waals surface area contributed by atoms with Crippen LogP contribution >= 0.6 is 7.75 Å². The van der Waals surface area contributed by atoms with E-state index in [0.717, 1.165) is 0 Å². The third-order valence-electron chi connectivity index (χ3n) is 6.80. The molecule has 1 unspecified atom stereocenters. The number of carbonyl (C=O) groups is 1. The third kappa shape index (κ3) is 5.35. The molecule has 0 amide bonds. The van der Waals surface area contributed by atoms with Gasteiger partial charge < -0.3 is 29.6 Å². The number of imidazole rings is 1. The van der Waals surface area contributed by atoms with Gasteiger partial charge in [0.15, 0.2) is 17.4 Å². The summed E-state index contributed by atoms with van der Waals surface area (Å²) in [6, 6.07) is 7.04. The zero-order chi connectivity index (χ0) is 29.5. The lowest BCUT2D eigenvalue weighted by Gasteiger charge is -2.28. The molecule has 4 N–H and O–H groups in total. The summed E-state index contributed by atoms with van der Waals surface area (Å²) < 4.78 is 58.3. The second-order valence-corrected chi connectivity index (χ2v) is 11.7. The molecule has 1 saturated heterocycles. The van der Waals surface area contributed by atoms with Crippen LogP contribution in [0.4, 0.5) is 10.3 Å². The predicted molar refractivity (Wildman–Crippen MR) is 143 cm³/mol. The number of aliphatic hydroxyl groups is 1. The highest BCUT2D eigenvalue weighted by molar-refractivity contribution is 7.52. The molecule has 41 heavy (non-hydrogen) atoms. The highest BCUT2D eigenvalue weighted by Gasteiger charge is 2.79. The maximum absolute atomic E-state index is 14.7. The Balaban J connectivity index is 1.39. The number of aromatic nitrogens is 4. The Bertz CT molecular complexity index is 1460. The number of nitrogen functional groups attached to an aromatic ring is 1. The Morgan fingerprint density at radius 2 is 2.02 bits per heavy atom. The number of aliphatic hydroxyl groups excluding tert-OH is 1. The molecule has 1 aliphatic carbocycles. The molecule has 1 saturated carbocycles. The van der Waals surface area contributed by atoms with Gasteiger partial charge in [0.2, 0.25) is 11.8 Å². The first-order chi connectivity index (χ1) is 19.5. The minimum atomic E-state index is -4.35. The summed E-state index contributed by atoms with van der Waals surface area (Å²) in [4.78, 5) is 24.9. The van der Waals surface area contributed by atoms with Gasteiger partial charge in [0.1, 0.15) is 36.8 Å². The van der Waals surface area contributed by atoms with E-state index in [1.807, 2.05) is 0 Å². The van der Waals surface area contributed by atoms with Gasteiger partial charge in [0, 0.05) is 0 Å². The topological polar surface area (TPSA) is 182 Å². The van der Waals surface area contributed by atoms with Gasteiger partial charge in [0.05, 0.1) is 24.5 Å². The van der Waals surface area contributed by atoms with E-state index >= 15 is 0 Å². The smallest absolute Gasteiger partial charge is 0.459 e. The minimum absolute atomic E-state index is 0.0862. The average molecular weight is 595 g/mol. The van der Waals surface area contributed by atoms with Gasteiger partial charge in [-0.2, -0.15) is 15.1 Å². The Hall–Kier alpha value is -3.36. The van der Waals surface area contributed by atoms with Crippen molar-refractivity contribution in [3.63, 3.8) is 0 Å². The van der Waals surface area contributed by atoms with Crippen molar-refractivity contribution in [2.75, 3.05) is 19.0 Å². The second kappa shape index (κ2) is 11.1. The lowest BCUT2D eigenvalue weighted by Crippen LogP contribution is -2.38. The van der Waals surface area contributed by atoms with Crippen LogP contribution in [0, 0.1) is 5.41 Å². The number of ether oxygens (including phenoxy) is 3. The Morgan fingerprint density at radius 1 is 1.29 bits per heavy atom. The number of alkyl halides is 1. The van der Waals surface area contributed by atoms with Crippen molar-refractivity contribution in [3.8, 4) is 11.6 Å². The highest BCUT2D eigenvalue weighted by atomic mass is 31.2. The molecule has 2 aliphatic rings. The molecule has 3 aromatic rings. The summed E-state index contributed by atoms with van der Waals surface area (Å²) in [7, 11) is -4.35. The maximum Gasteiger partial charge on any atom is 0.459 e. The molecule has 3 heterocycles. The number of halogens is 1. The van der Waals surface area contributed by atoms with Crippen LogP contribution in [-0.2, 0) is 23.4 Å². The van der Waals surface area contributed by atoms with Crippen LogP contribution in [0.3, 0.4) is 0 Å². The van der Waals surface area contributed by atoms with Crippen LogP contribution in [0.15, 0.2) is 36.7 Å². The fourth-order valence-electron chi connectivity index (χ4n) is 4.82. The van der Waals surface area contributed by atoms with E-state index in [4.69, 9.17) is 29.0 Å². The number of fused-ring (bicyclic) bond motifs is 2. The number of nitrogens with one attached hydrogen (secondary N) is 1. The summed E-state index contributed by atoms with van der Waals surface area (Å²) in [6.45, 7) is 5.79. The number of rotatable bonds is 12. The number of esters is 1. The van der Waals surface area contributed by atoms with E-state index in [1.165, 1.54) is 17.8 Å². The quantitative estimate of drug-likeness (QED) is 0.206. The normalized spacial score (nSPS) is 27.3. The molecule has 1 aromatic carbocycles. The van der Waals surface area contributed by atoms with Crippen molar-refractivity contribution < 1.29 is 42.1 Å². The summed E-state index contributed by atoms with van der Waals surface area (Å²) in [6.07, 6.45) is -3.84. The molecule has 14 nitrogen and oxygen atoms in total. The Kier molecular flexibility index (Phi) is 7.92. The van der Waals surface area contributed by atoms with Gasteiger partial charge in [-0.25, -0.2) is 9.55 Å². The van der Waals surface area contributed by atoms with Gasteiger partial charge in [0.25, 0.3) is 0 Å². The molecular formula is C25H32FN6O8P. The predicted octanol–water partition coefficient (Wildman–Crippen LogP) is 2.54. The van der Waals surface area contributed by atoms with Crippen LogP contribution in [-0.4, -0.2) is 74.3 Å². The van der Waals surface area contributed by atoms with Crippen LogP contribution in [0.1, 0.15) is 33.9 Å². The number of hydrogen-bond donors (Lipinski definition) is 3. The summed E-state index contributed by atoms with van der Waals surface area (Å²) in [5.41, 5.74) is 4.76. The van der Waals surface area contributed by atoms with E-state index < -0.39 is 62.5 Å². The summed E-state index contributed by atoms with van der Waals surface area (Å²) in [5.74, 6) is -0.438. The fraction of sp³-hybridized carbons (Fsp3) is 0.520. The number of benzene rings is 1. The van der Waals surface area contributed by atoms with Gasteiger partial charge in [-0.15, -0.1) is 0 Å². The molecule has 0 radical (unpaired) electrons. The van der Waals surface area contributed by atoms with E-state index in [2.05, 4.69) is 20.0 Å². The van der Waals surface area contributed by atoms with Crippen molar-refractivity contribution in [1.29, 1.82) is 0 Å². The molecule has 222 valence electrons. The minimum Gasteiger partial charge on any atom is -0.476 e. The molecule has 16 heteroatoms. The van der Waals surface area contributed by atoms with Crippen molar-refractivity contribution in [3.05, 3.63) is 36.7 Å². The van der Waals surface area contributed by atoms with Crippen molar-refractivity contribution in [2.45, 2.75) is 64.4 Å². The molecule has 7 atom stereocenters. The molecule has 0 spiro atoms. The number of nitrogens with two attached hydrogens (primary N) is 1. The first-order valence-electron chi connectivity index (χ1n) is 13.1. The van der Waals surface area contributed by atoms with Crippen LogP contribution in [0.2, 0.25) is 0 Å². The summed E-state index contributed by atoms with van der Waals surface area (Å²) in [5, 5.41) is 13.9. The first kappa shape index (κ1) is 29.1. The van der Waals surface area contributed by atoms with E-state index in [1.54, 1.807) is 51.1 Å². The molecule has 0 bridgehead atoms. The van der Waals surface area contributed by atoms with Gasteiger partial charge >= 0.3 is 13.7 Å². The maximum atomic E-state index is 14.7. The SMILES string of the molecule is CCOc1nc(N)nc2c1ncn2[C@@H]1O[C@@H]2C(O[P@](=O)(N[C@H](C)C(=O)OC(C)C)Oc3ccccc3)[C@]2(CF)[C@H]1O. The van der Waals surface area contributed by atoms with Crippen molar-refractivity contribution >= 4 is 30.8 Å². The van der Waals surface area contributed by atoms with E-state index in [0.29, 0.717) is 6.61 Å². The lowest BCUT2D eigenvalue weighted by atomic mass is 10.0. The number of anilines is 1. The van der Waals surface area contributed by atoms with Gasteiger partial charge in [-0.1, -0.05) is 18.2 Å². The number of nitrogens with zero attached hydrogens (tertiary/aromatic N) is 4. The van der Waals surface area contributed by atoms with Gasteiger partial charge in [-0.3, -0.25) is 18.3 Å². The number of para-hydroxylation sites is 1. The largest absolute Gasteiger partial charge is 0.476 e. The molecule has 2 fully saturated rings.